The maximum absolute atomic E-state index is 13.1. The minimum atomic E-state index is -4.05. The Kier molecular flexibility index (Phi) is 6.40. The molecule has 11 nitrogen and oxygen atoms in total. The smallest absolute Gasteiger partial charge is 0.264 e. The van der Waals surface area contributed by atoms with Gasteiger partial charge in [-0.3, -0.25) is 4.79 Å². The number of methoxy groups -OCH3 is 1. The number of H-pyrrole nitrogens is 1. The van der Waals surface area contributed by atoms with Crippen LogP contribution in [0.15, 0.2) is 40.0 Å². The highest BCUT2D eigenvalue weighted by atomic mass is 35.5. The predicted octanol–water partition coefficient (Wildman–Crippen LogP) is 2.31. The maximum Gasteiger partial charge on any atom is 0.264 e. The van der Waals surface area contributed by atoms with E-state index in [0.29, 0.717) is 23.1 Å². The largest absolute Gasteiger partial charge is 0.495 e. The van der Waals surface area contributed by atoms with Crippen LogP contribution in [0.5, 0.6) is 5.75 Å². The highest BCUT2D eigenvalue weighted by Gasteiger charge is 2.24. The van der Waals surface area contributed by atoms with Gasteiger partial charge in [-0.1, -0.05) is 29.3 Å². The molecule has 5 N–H and O–H groups in total. The minimum absolute atomic E-state index is 0.0391. The van der Waals surface area contributed by atoms with E-state index in [2.05, 4.69) is 15.1 Å². The van der Waals surface area contributed by atoms with Crippen LogP contribution < -0.4 is 26.1 Å². The second-order valence-corrected chi connectivity index (χ2v) is 10.3. The summed E-state index contributed by atoms with van der Waals surface area (Å²) in [6.45, 7) is 0. The van der Waals surface area contributed by atoms with Crippen LogP contribution in [0, 0.1) is 0 Å². The normalized spacial score (nSPS) is 11.7. The van der Waals surface area contributed by atoms with Gasteiger partial charge in [0.1, 0.15) is 22.6 Å². The first kappa shape index (κ1) is 24.8. The van der Waals surface area contributed by atoms with Crippen LogP contribution >= 0.6 is 23.2 Å². The van der Waals surface area contributed by atoms with E-state index in [1.165, 1.54) is 11.8 Å². The molecule has 2 aromatic carbocycles. The molecule has 4 aromatic rings. The summed E-state index contributed by atoms with van der Waals surface area (Å²) in [6.07, 6.45) is 0.258. The molecule has 4 rings (SSSR count). The molecule has 0 aliphatic carbocycles. The Morgan fingerprint density at radius 1 is 1.17 bits per heavy atom. The molecule has 0 aliphatic heterocycles. The molecule has 0 amide bonds. The number of rotatable bonds is 6. The third-order valence-corrected chi connectivity index (χ3v) is 6.66. The standard InChI is InChI=1S/C21H21Cl2N7O4S/c1-29(2)20-17-19(30(28-20)18-12(22)8-11(9-13(18)23)35(25,32)33)26-16(27-21(17)31)7-10-4-5-15(34-3)14(24)6-10/h4-6,8-9H,7,24H2,1-3H3,(H2,25,32,33)(H,26,27,31). The van der Waals surface area contributed by atoms with Gasteiger partial charge in [-0.05, 0) is 29.8 Å². The van der Waals surface area contributed by atoms with E-state index in [4.69, 9.17) is 38.8 Å². The summed E-state index contributed by atoms with van der Waals surface area (Å²) in [5.41, 5.74) is 7.15. The van der Waals surface area contributed by atoms with Crippen LogP contribution in [-0.2, 0) is 16.4 Å². The van der Waals surface area contributed by atoms with E-state index in [1.54, 1.807) is 31.1 Å². The first-order valence-corrected chi connectivity index (χ1v) is 12.3. The van der Waals surface area contributed by atoms with Gasteiger partial charge in [0.2, 0.25) is 10.0 Å². The van der Waals surface area contributed by atoms with Gasteiger partial charge in [0.15, 0.2) is 11.5 Å². The molecule has 0 aliphatic rings. The number of ether oxygens (including phenoxy) is 1. The van der Waals surface area contributed by atoms with Gasteiger partial charge >= 0.3 is 0 Å². The number of primary sulfonamides is 1. The summed E-state index contributed by atoms with van der Waals surface area (Å²) < 4.78 is 30.0. The van der Waals surface area contributed by atoms with Gasteiger partial charge in [0, 0.05) is 20.5 Å². The lowest BCUT2D eigenvalue weighted by Gasteiger charge is -2.11. The molecule has 2 heterocycles. The summed E-state index contributed by atoms with van der Waals surface area (Å²) in [6, 6.07) is 7.58. The zero-order chi connectivity index (χ0) is 25.7. The fourth-order valence-corrected chi connectivity index (χ4v) is 4.94. The lowest BCUT2D eigenvalue weighted by Crippen LogP contribution is -2.16. The van der Waals surface area contributed by atoms with Gasteiger partial charge in [-0.15, -0.1) is 5.10 Å². The van der Waals surface area contributed by atoms with E-state index < -0.39 is 15.6 Å². The van der Waals surface area contributed by atoms with Crippen molar-refractivity contribution in [2.45, 2.75) is 11.3 Å². The molecule has 0 radical (unpaired) electrons. The van der Waals surface area contributed by atoms with Gasteiger partial charge in [0.05, 0.1) is 27.7 Å². The van der Waals surface area contributed by atoms with Crippen molar-refractivity contribution in [3.05, 3.63) is 62.1 Å². The van der Waals surface area contributed by atoms with Crippen molar-refractivity contribution in [2.75, 3.05) is 31.8 Å². The fraction of sp³-hybridized carbons (Fsp3) is 0.190. The quantitative estimate of drug-likeness (QED) is 0.315. The Morgan fingerprint density at radius 2 is 1.83 bits per heavy atom. The second kappa shape index (κ2) is 9.04. The van der Waals surface area contributed by atoms with Crippen molar-refractivity contribution < 1.29 is 13.2 Å². The van der Waals surface area contributed by atoms with E-state index in [1.807, 2.05) is 6.07 Å². The Bertz CT molecular complexity index is 1610. The Balaban J connectivity index is 1.93. The van der Waals surface area contributed by atoms with Crippen LogP contribution in [0.25, 0.3) is 16.7 Å². The molecular weight excluding hydrogens is 517 g/mol. The highest BCUT2D eigenvalue weighted by molar-refractivity contribution is 7.89. The number of nitrogens with two attached hydrogens (primary N) is 2. The predicted molar refractivity (Wildman–Crippen MR) is 135 cm³/mol. The number of sulfonamides is 1. The van der Waals surface area contributed by atoms with Crippen LogP contribution in [-0.4, -0.2) is 49.4 Å². The Morgan fingerprint density at radius 3 is 2.37 bits per heavy atom. The molecule has 0 bridgehead atoms. The summed E-state index contributed by atoms with van der Waals surface area (Å²) in [4.78, 5) is 21.9. The maximum atomic E-state index is 13.1. The number of halogens is 2. The third kappa shape index (κ3) is 4.65. The lowest BCUT2D eigenvalue weighted by molar-refractivity contribution is 0.417. The van der Waals surface area contributed by atoms with Crippen LogP contribution in [0.4, 0.5) is 11.5 Å². The molecule has 0 spiro atoms. The topological polar surface area (TPSA) is 162 Å². The van der Waals surface area contributed by atoms with Crippen molar-refractivity contribution in [1.29, 1.82) is 0 Å². The molecule has 0 atom stereocenters. The van der Waals surface area contributed by atoms with Gasteiger partial charge in [0.25, 0.3) is 5.56 Å². The van der Waals surface area contributed by atoms with E-state index in [0.717, 1.165) is 17.7 Å². The highest BCUT2D eigenvalue weighted by Crippen LogP contribution is 2.34. The van der Waals surface area contributed by atoms with Crippen LogP contribution in [0.2, 0.25) is 10.0 Å². The first-order valence-electron chi connectivity index (χ1n) is 10.0. The number of nitrogen functional groups attached to an aromatic ring is 1. The average molecular weight is 538 g/mol. The number of aromatic nitrogens is 4. The summed E-state index contributed by atoms with van der Waals surface area (Å²) >= 11 is 12.8. The summed E-state index contributed by atoms with van der Waals surface area (Å²) in [5.74, 6) is 1.19. The minimum Gasteiger partial charge on any atom is -0.495 e. The monoisotopic (exact) mass is 537 g/mol. The number of hydrogen-bond acceptors (Lipinski definition) is 8. The zero-order valence-corrected chi connectivity index (χ0v) is 21.2. The van der Waals surface area contributed by atoms with Crippen molar-refractivity contribution >= 4 is 55.8 Å². The average Bonchev–Trinajstić information content (AvgIpc) is 3.13. The Hall–Kier alpha value is -3.32. The molecule has 0 fully saturated rings. The van der Waals surface area contributed by atoms with Gasteiger partial charge < -0.3 is 20.4 Å². The van der Waals surface area contributed by atoms with Crippen LogP contribution in [0.3, 0.4) is 0 Å². The molecule has 14 heteroatoms. The summed E-state index contributed by atoms with van der Waals surface area (Å²) in [5, 5.41) is 9.83. The molecule has 0 saturated heterocycles. The van der Waals surface area contributed by atoms with Crippen molar-refractivity contribution in [2.24, 2.45) is 5.14 Å². The third-order valence-electron chi connectivity index (χ3n) is 5.19. The number of nitrogens with one attached hydrogen (secondary N) is 1. The van der Waals surface area contributed by atoms with E-state index in [-0.39, 0.29) is 38.1 Å². The van der Waals surface area contributed by atoms with Crippen LogP contribution in [0.1, 0.15) is 11.4 Å². The number of hydrogen-bond donors (Lipinski definition) is 3. The fourth-order valence-electron chi connectivity index (χ4n) is 3.60. The van der Waals surface area contributed by atoms with Crippen molar-refractivity contribution in [3.8, 4) is 11.4 Å². The number of nitrogens with zero attached hydrogens (tertiary/aromatic N) is 4. The number of anilines is 2. The summed E-state index contributed by atoms with van der Waals surface area (Å²) in [7, 11) is 0.901. The molecule has 0 saturated carbocycles. The molecule has 0 unspecified atom stereocenters. The van der Waals surface area contributed by atoms with E-state index >= 15 is 0 Å². The first-order chi connectivity index (χ1) is 16.4. The number of benzene rings is 2. The number of fused-ring (bicyclic) bond motifs is 1. The lowest BCUT2D eigenvalue weighted by atomic mass is 10.1. The molecule has 35 heavy (non-hydrogen) atoms. The van der Waals surface area contributed by atoms with Gasteiger partial charge in [-0.25, -0.2) is 23.2 Å². The Labute approximate surface area is 210 Å². The molecule has 2 aromatic heterocycles. The molecule has 184 valence electrons. The van der Waals surface area contributed by atoms with E-state index in [9.17, 15) is 13.2 Å². The second-order valence-electron chi connectivity index (χ2n) is 7.87. The number of aromatic amines is 1. The van der Waals surface area contributed by atoms with Gasteiger partial charge in [-0.2, -0.15) is 0 Å². The van der Waals surface area contributed by atoms with Crippen molar-refractivity contribution in [1.82, 2.24) is 19.7 Å². The zero-order valence-electron chi connectivity index (χ0n) is 18.8. The molecular formula is C21H21Cl2N7O4S. The SMILES string of the molecule is COc1ccc(Cc2nc3c(c(N(C)C)nn3-c3c(Cl)cc(S(N)(=O)=O)cc3Cl)c(=O)[nH]2)cc1N. The van der Waals surface area contributed by atoms with Crippen molar-refractivity contribution in [3.63, 3.8) is 0 Å².